The molecule has 0 aromatic rings. The smallest absolute Gasteiger partial charge is 0.324 e. The molecule has 0 heterocycles. The molecule has 9 nitrogen and oxygen atoms in total. The summed E-state index contributed by atoms with van der Waals surface area (Å²) in [6, 6.07) is 0. The number of hydrogen-bond acceptors (Lipinski definition) is 9. The van der Waals surface area contributed by atoms with Crippen molar-refractivity contribution in [2.75, 3.05) is 13.2 Å². The molecule has 0 aromatic heterocycles. The van der Waals surface area contributed by atoms with Crippen LogP contribution in [0, 0.1) is 0 Å². The van der Waals surface area contributed by atoms with Gasteiger partial charge < -0.3 is 28.9 Å². The van der Waals surface area contributed by atoms with E-state index in [0.29, 0.717) is 19.3 Å². The van der Waals surface area contributed by atoms with Crippen molar-refractivity contribution in [1.29, 1.82) is 0 Å². The Kier molecular flexibility index (Phi) is 41.8. The molecule has 292 valence electrons. The molecule has 0 radical (unpaired) electrons. The average Bonchev–Trinajstić information content (AvgIpc) is 3.07. The second kappa shape index (κ2) is 41.1. The van der Waals surface area contributed by atoms with Crippen molar-refractivity contribution < 1.29 is 43.3 Å². The largest absolute Gasteiger partial charge is 0.462 e. The van der Waals surface area contributed by atoms with Crippen molar-refractivity contribution in [3.63, 3.8) is 0 Å². The molecule has 10 heteroatoms. The molecule has 0 amide bonds. The summed E-state index contributed by atoms with van der Waals surface area (Å²) in [5.74, 6) is -0.870. The van der Waals surface area contributed by atoms with Crippen LogP contribution in [0.3, 0.4) is 0 Å². The molecular weight excluding hydrogens is 643 g/mol. The first-order chi connectivity index (χ1) is 23.8. The van der Waals surface area contributed by atoms with Crippen LogP contribution < -0.4 is 0 Å². The van der Waals surface area contributed by atoms with Gasteiger partial charge in [-0.05, 0) is 19.3 Å². The van der Waals surface area contributed by atoms with Crippen LogP contribution in [0.2, 0.25) is 0 Å². The summed E-state index contributed by atoms with van der Waals surface area (Å²) in [4.78, 5) is 59.0. The molecule has 49 heavy (non-hydrogen) atoms. The lowest BCUT2D eigenvalue weighted by atomic mass is 10.1. The molecule has 0 rings (SSSR count). The van der Waals surface area contributed by atoms with E-state index in [1.54, 1.807) is 0 Å². The molecule has 0 fully saturated rings. The van der Waals surface area contributed by atoms with Crippen LogP contribution in [0.15, 0.2) is 0 Å². The first-order valence-corrected chi connectivity index (χ1v) is 21.3. The third kappa shape index (κ3) is 44.7. The lowest BCUT2D eigenvalue weighted by Crippen LogP contribution is -2.30. The Morgan fingerprint density at radius 1 is 0.408 bits per heavy atom. The Labute approximate surface area is 302 Å². The number of carbonyl (C=O) groups is 3. The van der Waals surface area contributed by atoms with Gasteiger partial charge in [0.1, 0.15) is 13.2 Å². The fourth-order valence-electron chi connectivity index (χ4n) is 5.62. The van der Waals surface area contributed by atoms with E-state index in [0.717, 1.165) is 57.8 Å². The molecule has 0 aliphatic heterocycles. The standard InChI is InChI=1S/C39H74O6.H3O3P/c1-4-7-10-13-16-19-22-25-28-31-37(40)43-34-36(45-39(42)33-30-27-24-21-18-15-12-9-6-3)35-44-38(41)32-29-26-23-20-17-14-11-8-5-2;1-4(2)3/h36H,4-35H2,1-3H3;1-3H. The SMILES string of the molecule is CCCCCCCCCCCC(=O)OCC(COC(=O)CCCCCCCCCCC)OC(=O)CCCCCCCCCCC.OP(O)O. The Hall–Kier alpha value is -1.28. The van der Waals surface area contributed by atoms with Crippen LogP contribution in [-0.4, -0.2) is 51.9 Å². The Morgan fingerprint density at radius 2 is 0.633 bits per heavy atom. The molecule has 0 aliphatic carbocycles. The second-order valence-corrected chi connectivity index (χ2v) is 14.0. The van der Waals surface area contributed by atoms with E-state index < -0.39 is 14.7 Å². The summed E-state index contributed by atoms with van der Waals surface area (Å²) in [6.45, 7) is 6.57. The van der Waals surface area contributed by atoms with Gasteiger partial charge in [0.15, 0.2) is 6.10 Å². The number of ether oxygens (including phenoxy) is 3. The molecule has 0 aliphatic rings. The van der Waals surface area contributed by atoms with Gasteiger partial charge in [-0.2, -0.15) is 0 Å². The third-order valence-electron chi connectivity index (χ3n) is 8.61. The number of rotatable bonds is 35. The van der Waals surface area contributed by atoms with E-state index in [2.05, 4.69) is 20.8 Å². The fourth-order valence-corrected chi connectivity index (χ4v) is 5.62. The summed E-state index contributed by atoms with van der Waals surface area (Å²) in [5.41, 5.74) is 0. The third-order valence-corrected chi connectivity index (χ3v) is 8.61. The van der Waals surface area contributed by atoms with Gasteiger partial charge in [-0.3, -0.25) is 14.4 Å². The summed E-state index contributed by atoms with van der Waals surface area (Å²) >= 11 is 0. The van der Waals surface area contributed by atoms with Crippen LogP contribution in [-0.2, 0) is 28.6 Å². The van der Waals surface area contributed by atoms with Gasteiger partial charge >= 0.3 is 26.5 Å². The lowest BCUT2D eigenvalue weighted by Gasteiger charge is -2.18. The molecule has 0 bridgehead atoms. The summed E-state index contributed by atoms with van der Waals surface area (Å²) < 4.78 is 16.5. The summed E-state index contributed by atoms with van der Waals surface area (Å²) in [6.07, 6.45) is 32.3. The van der Waals surface area contributed by atoms with Crippen molar-refractivity contribution >= 4 is 26.5 Å². The quantitative estimate of drug-likeness (QED) is 0.0252. The molecule has 0 aromatic carbocycles. The van der Waals surface area contributed by atoms with Crippen LogP contribution in [0.4, 0.5) is 0 Å². The van der Waals surface area contributed by atoms with Crippen molar-refractivity contribution in [1.82, 2.24) is 0 Å². The van der Waals surface area contributed by atoms with Crippen molar-refractivity contribution in [2.45, 2.75) is 219 Å². The number of unbranched alkanes of at least 4 members (excludes halogenated alkanes) is 24. The van der Waals surface area contributed by atoms with Gasteiger partial charge in [-0.1, -0.05) is 175 Å². The maximum atomic E-state index is 12.6. The molecular formula is C39H77O9P. The zero-order chi connectivity index (χ0) is 36.6. The zero-order valence-electron chi connectivity index (χ0n) is 31.9. The van der Waals surface area contributed by atoms with Gasteiger partial charge in [0.25, 0.3) is 0 Å². The number of esters is 3. The van der Waals surface area contributed by atoms with Crippen molar-refractivity contribution in [3.8, 4) is 0 Å². The first-order valence-electron chi connectivity index (χ1n) is 20.1. The van der Waals surface area contributed by atoms with Gasteiger partial charge in [0.2, 0.25) is 0 Å². The molecule has 0 spiro atoms. The van der Waals surface area contributed by atoms with Crippen LogP contribution in [0.5, 0.6) is 0 Å². The normalized spacial score (nSPS) is 11.0. The summed E-state index contributed by atoms with van der Waals surface area (Å²) in [5, 5.41) is 0. The van der Waals surface area contributed by atoms with E-state index in [1.807, 2.05) is 0 Å². The maximum absolute atomic E-state index is 12.6. The van der Waals surface area contributed by atoms with Crippen LogP contribution in [0.1, 0.15) is 213 Å². The van der Waals surface area contributed by atoms with Crippen LogP contribution in [0.25, 0.3) is 0 Å². The fraction of sp³-hybridized carbons (Fsp3) is 0.923. The molecule has 0 saturated heterocycles. The van der Waals surface area contributed by atoms with Crippen LogP contribution >= 0.6 is 8.60 Å². The minimum atomic E-state index is -2.62. The number of hydrogen-bond donors (Lipinski definition) is 3. The van der Waals surface area contributed by atoms with Gasteiger partial charge in [-0.25, -0.2) is 0 Å². The molecule has 3 N–H and O–H groups in total. The number of carbonyl (C=O) groups excluding carboxylic acids is 3. The highest BCUT2D eigenvalue weighted by molar-refractivity contribution is 7.38. The zero-order valence-corrected chi connectivity index (χ0v) is 32.8. The van der Waals surface area contributed by atoms with Crippen molar-refractivity contribution in [3.05, 3.63) is 0 Å². The molecule has 0 atom stereocenters. The second-order valence-electron chi connectivity index (χ2n) is 13.5. The van der Waals surface area contributed by atoms with E-state index in [1.165, 1.54) is 116 Å². The van der Waals surface area contributed by atoms with E-state index >= 15 is 0 Å². The Morgan fingerprint density at radius 3 is 0.898 bits per heavy atom. The van der Waals surface area contributed by atoms with Gasteiger partial charge in [0.05, 0.1) is 0 Å². The van der Waals surface area contributed by atoms with E-state index in [9.17, 15) is 14.4 Å². The maximum Gasteiger partial charge on any atom is 0.324 e. The Balaban J connectivity index is 0. The van der Waals surface area contributed by atoms with Gasteiger partial charge in [-0.15, -0.1) is 0 Å². The lowest BCUT2D eigenvalue weighted by molar-refractivity contribution is -0.167. The minimum absolute atomic E-state index is 0.0644. The average molecular weight is 721 g/mol. The highest BCUT2D eigenvalue weighted by Gasteiger charge is 2.19. The predicted molar refractivity (Wildman–Crippen MR) is 201 cm³/mol. The predicted octanol–water partition coefficient (Wildman–Crippen LogP) is 10.9. The highest BCUT2D eigenvalue weighted by Crippen LogP contribution is 2.14. The minimum Gasteiger partial charge on any atom is -0.462 e. The molecule has 0 unspecified atom stereocenters. The topological polar surface area (TPSA) is 140 Å². The molecule has 0 saturated carbocycles. The Bertz CT molecular complexity index is 680. The first kappa shape index (κ1) is 49.8. The summed E-state index contributed by atoms with van der Waals surface area (Å²) in [7, 11) is -2.62. The highest BCUT2D eigenvalue weighted by atomic mass is 31.2. The monoisotopic (exact) mass is 721 g/mol. The van der Waals surface area contributed by atoms with Crippen molar-refractivity contribution in [2.24, 2.45) is 0 Å². The van der Waals surface area contributed by atoms with Gasteiger partial charge in [0, 0.05) is 19.3 Å². The van der Waals surface area contributed by atoms with E-state index in [-0.39, 0.29) is 31.1 Å². The van der Waals surface area contributed by atoms with E-state index in [4.69, 9.17) is 28.9 Å².